The summed E-state index contributed by atoms with van der Waals surface area (Å²) in [6.07, 6.45) is 2.16. The first kappa shape index (κ1) is 19.7. The molecule has 2 amide bonds. The van der Waals surface area contributed by atoms with Crippen molar-refractivity contribution >= 4 is 17.5 Å². The molecule has 0 unspecified atom stereocenters. The average Bonchev–Trinajstić information content (AvgIpc) is 2.62. The van der Waals surface area contributed by atoms with E-state index < -0.39 is 0 Å². The number of aryl methyl sites for hydroxylation is 3. The van der Waals surface area contributed by atoms with Crippen LogP contribution in [0.25, 0.3) is 0 Å². The Morgan fingerprint density at radius 1 is 1.00 bits per heavy atom. The summed E-state index contributed by atoms with van der Waals surface area (Å²) in [7, 11) is 0. The van der Waals surface area contributed by atoms with E-state index in [2.05, 4.69) is 17.4 Å². The maximum atomic E-state index is 12.1. The van der Waals surface area contributed by atoms with E-state index in [4.69, 9.17) is 0 Å². The number of carbonyl (C=O) groups excluding carboxylic acids is 2. The number of carbonyl (C=O) groups is 2. The fraction of sp³-hybridized carbons (Fsp3) is 0.364. The Kier molecular flexibility index (Phi) is 7.39. The zero-order valence-electron chi connectivity index (χ0n) is 15.9. The van der Waals surface area contributed by atoms with E-state index in [9.17, 15) is 9.59 Å². The predicted octanol–water partition coefficient (Wildman–Crippen LogP) is 3.80. The molecule has 0 aliphatic heterocycles. The molecule has 0 radical (unpaired) electrons. The fourth-order valence-corrected chi connectivity index (χ4v) is 2.83. The lowest BCUT2D eigenvalue weighted by atomic mass is 10.1. The number of hydrogen-bond acceptors (Lipinski definition) is 2. The van der Waals surface area contributed by atoms with Gasteiger partial charge in [-0.2, -0.15) is 0 Å². The third-order valence-electron chi connectivity index (χ3n) is 4.55. The van der Waals surface area contributed by atoms with Gasteiger partial charge in [-0.15, -0.1) is 0 Å². The van der Waals surface area contributed by atoms with Crippen molar-refractivity contribution in [1.82, 2.24) is 5.32 Å². The molecule has 0 fully saturated rings. The lowest BCUT2D eigenvalue weighted by Crippen LogP contribution is -2.34. The second-order valence-corrected chi connectivity index (χ2v) is 6.63. The number of anilines is 1. The van der Waals surface area contributed by atoms with Gasteiger partial charge in [0, 0.05) is 32.1 Å². The summed E-state index contributed by atoms with van der Waals surface area (Å²) in [4.78, 5) is 25.7. The molecule has 26 heavy (non-hydrogen) atoms. The molecule has 0 spiro atoms. The van der Waals surface area contributed by atoms with Crippen LogP contribution < -0.4 is 10.2 Å². The van der Waals surface area contributed by atoms with Crippen LogP contribution >= 0.6 is 0 Å². The molecule has 0 atom stereocenters. The molecular formula is C22H28N2O2. The Bertz CT molecular complexity index is 741. The summed E-state index contributed by atoms with van der Waals surface area (Å²) < 4.78 is 0. The summed E-state index contributed by atoms with van der Waals surface area (Å²) in [5, 5.41) is 2.94. The first-order valence-corrected chi connectivity index (χ1v) is 9.13. The molecular weight excluding hydrogens is 324 g/mol. The second-order valence-electron chi connectivity index (χ2n) is 6.63. The van der Waals surface area contributed by atoms with Crippen LogP contribution in [0.1, 0.15) is 36.5 Å². The topological polar surface area (TPSA) is 49.4 Å². The molecule has 0 aromatic heterocycles. The van der Waals surface area contributed by atoms with Crippen molar-refractivity contribution in [3.8, 4) is 0 Å². The third-order valence-corrected chi connectivity index (χ3v) is 4.55. The smallest absolute Gasteiger partial charge is 0.223 e. The molecule has 0 saturated heterocycles. The minimum atomic E-state index is -0.0508. The van der Waals surface area contributed by atoms with Gasteiger partial charge in [0.25, 0.3) is 0 Å². The van der Waals surface area contributed by atoms with Crippen LogP contribution in [0.5, 0.6) is 0 Å². The largest absolute Gasteiger partial charge is 0.356 e. The Labute approximate surface area is 156 Å². The Morgan fingerprint density at radius 3 is 2.38 bits per heavy atom. The zero-order valence-corrected chi connectivity index (χ0v) is 15.9. The third kappa shape index (κ3) is 6.03. The van der Waals surface area contributed by atoms with Crippen molar-refractivity contribution in [2.24, 2.45) is 0 Å². The molecule has 0 saturated carbocycles. The van der Waals surface area contributed by atoms with E-state index >= 15 is 0 Å². The molecule has 2 aromatic carbocycles. The van der Waals surface area contributed by atoms with Crippen LogP contribution in [0.2, 0.25) is 0 Å². The van der Waals surface area contributed by atoms with E-state index in [1.807, 2.05) is 50.2 Å². The number of amides is 2. The SMILES string of the molecule is CC(=O)N(CCC(=O)NCCCc1ccccc1)c1ccc(C)c(C)c1. The van der Waals surface area contributed by atoms with Crippen molar-refractivity contribution in [3.63, 3.8) is 0 Å². The maximum absolute atomic E-state index is 12.1. The number of hydrogen-bond donors (Lipinski definition) is 1. The highest BCUT2D eigenvalue weighted by molar-refractivity contribution is 5.92. The van der Waals surface area contributed by atoms with Crippen molar-refractivity contribution in [2.45, 2.75) is 40.0 Å². The normalized spacial score (nSPS) is 10.4. The van der Waals surface area contributed by atoms with E-state index in [1.54, 1.807) is 4.90 Å². The highest BCUT2D eigenvalue weighted by atomic mass is 16.2. The summed E-state index contributed by atoms with van der Waals surface area (Å²) >= 11 is 0. The van der Waals surface area contributed by atoms with Gasteiger partial charge in [-0.3, -0.25) is 9.59 Å². The molecule has 0 heterocycles. The number of benzene rings is 2. The maximum Gasteiger partial charge on any atom is 0.223 e. The predicted molar refractivity (Wildman–Crippen MR) is 106 cm³/mol. The van der Waals surface area contributed by atoms with Crippen LogP contribution in [0.15, 0.2) is 48.5 Å². The van der Waals surface area contributed by atoms with Crippen LogP contribution in [0.3, 0.4) is 0 Å². The average molecular weight is 352 g/mol. The van der Waals surface area contributed by atoms with Crippen molar-refractivity contribution in [1.29, 1.82) is 0 Å². The summed E-state index contributed by atoms with van der Waals surface area (Å²) in [6.45, 7) is 6.64. The molecule has 0 bridgehead atoms. The lowest BCUT2D eigenvalue weighted by Gasteiger charge is -2.22. The minimum absolute atomic E-state index is 0.0202. The lowest BCUT2D eigenvalue weighted by molar-refractivity contribution is -0.121. The summed E-state index contributed by atoms with van der Waals surface area (Å²) in [6, 6.07) is 16.2. The van der Waals surface area contributed by atoms with Crippen LogP contribution in [-0.4, -0.2) is 24.9 Å². The highest BCUT2D eigenvalue weighted by Crippen LogP contribution is 2.19. The molecule has 0 aliphatic rings. The number of nitrogens with zero attached hydrogens (tertiary/aromatic N) is 1. The number of rotatable bonds is 8. The van der Waals surface area contributed by atoms with Crippen LogP contribution in [0, 0.1) is 13.8 Å². The van der Waals surface area contributed by atoms with E-state index in [0.29, 0.717) is 19.5 Å². The molecule has 4 heteroatoms. The Balaban J connectivity index is 1.78. The van der Waals surface area contributed by atoms with Crippen molar-refractivity contribution in [2.75, 3.05) is 18.0 Å². The quantitative estimate of drug-likeness (QED) is 0.735. The Hall–Kier alpha value is -2.62. The van der Waals surface area contributed by atoms with Gasteiger partial charge in [0.2, 0.25) is 11.8 Å². The molecule has 0 aliphatic carbocycles. The van der Waals surface area contributed by atoms with Gasteiger partial charge in [-0.05, 0) is 55.5 Å². The van der Waals surface area contributed by atoms with Gasteiger partial charge in [-0.1, -0.05) is 36.4 Å². The monoisotopic (exact) mass is 352 g/mol. The first-order valence-electron chi connectivity index (χ1n) is 9.13. The molecule has 138 valence electrons. The van der Waals surface area contributed by atoms with E-state index in [1.165, 1.54) is 18.1 Å². The second kappa shape index (κ2) is 9.76. The van der Waals surface area contributed by atoms with Gasteiger partial charge < -0.3 is 10.2 Å². The summed E-state index contributed by atoms with van der Waals surface area (Å²) in [5.41, 5.74) is 4.45. The van der Waals surface area contributed by atoms with Gasteiger partial charge in [-0.25, -0.2) is 0 Å². The Morgan fingerprint density at radius 2 is 1.73 bits per heavy atom. The minimum Gasteiger partial charge on any atom is -0.356 e. The number of nitrogens with one attached hydrogen (secondary N) is 1. The van der Waals surface area contributed by atoms with Crippen molar-refractivity contribution < 1.29 is 9.59 Å². The van der Waals surface area contributed by atoms with Crippen molar-refractivity contribution in [3.05, 3.63) is 65.2 Å². The fourth-order valence-electron chi connectivity index (χ4n) is 2.83. The van der Waals surface area contributed by atoms with Crippen LogP contribution in [-0.2, 0) is 16.0 Å². The first-order chi connectivity index (χ1) is 12.5. The molecule has 2 rings (SSSR count). The van der Waals surface area contributed by atoms with Gasteiger partial charge in [0.1, 0.15) is 0 Å². The molecule has 4 nitrogen and oxygen atoms in total. The zero-order chi connectivity index (χ0) is 18.9. The van der Waals surface area contributed by atoms with E-state index in [0.717, 1.165) is 24.1 Å². The standard InChI is InChI=1S/C22H28N2O2/c1-17-11-12-21(16-18(17)2)24(19(3)25)15-13-22(26)23-14-7-10-20-8-5-4-6-9-20/h4-6,8-9,11-12,16H,7,10,13-15H2,1-3H3,(H,23,26). The molecule has 1 N–H and O–H groups in total. The van der Waals surface area contributed by atoms with Crippen LogP contribution in [0.4, 0.5) is 5.69 Å². The van der Waals surface area contributed by atoms with Gasteiger partial charge in [0.05, 0.1) is 0 Å². The van der Waals surface area contributed by atoms with Gasteiger partial charge in [0.15, 0.2) is 0 Å². The summed E-state index contributed by atoms with van der Waals surface area (Å²) in [5.74, 6) is -0.0710. The molecule has 2 aromatic rings. The van der Waals surface area contributed by atoms with E-state index in [-0.39, 0.29) is 11.8 Å². The highest BCUT2D eigenvalue weighted by Gasteiger charge is 2.14. The van der Waals surface area contributed by atoms with Gasteiger partial charge >= 0.3 is 0 Å².